The molecule has 7 nitrogen and oxygen atoms in total. The normalized spacial score (nSPS) is 12.2. The molecule has 1 aromatic rings. The van der Waals surface area contributed by atoms with Crippen LogP contribution in [0, 0.1) is 5.92 Å². The van der Waals surface area contributed by atoms with E-state index in [-0.39, 0.29) is 24.3 Å². The van der Waals surface area contributed by atoms with Crippen LogP contribution in [0.25, 0.3) is 0 Å². The first-order valence-electron chi connectivity index (χ1n) is 6.67. The minimum Gasteiger partial charge on any atom is -0.354 e. The Labute approximate surface area is 118 Å². The van der Waals surface area contributed by atoms with Gasteiger partial charge in [-0.15, -0.1) is 0 Å². The molecule has 0 unspecified atom stereocenters. The van der Waals surface area contributed by atoms with Gasteiger partial charge in [-0.3, -0.25) is 14.3 Å². The summed E-state index contributed by atoms with van der Waals surface area (Å²) in [5.41, 5.74) is 6.73. The van der Waals surface area contributed by atoms with Gasteiger partial charge in [-0.1, -0.05) is 13.8 Å². The molecule has 1 heterocycles. The van der Waals surface area contributed by atoms with Crippen molar-refractivity contribution >= 4 is 11.8 Å². The average molecular weight is 281 g/mol. The number of carbonyl (C=O) groups is 2. The fourth-order valence-corrected chi connectivity index (χ4v) is 1.60. The molecule has 0 saturated carbocycles. The maximum Gasteiger partial charge on any atom is 0.239 e. The lowest BCUT2D eigenvalue weighted by molar-refractivity contribution is -0.127. The van der Waals surface area contributed by atoms with Crippen molar-refractivity contribution in [2.24, 2.45) is 18.7 Å². The number of amides is 2. The van der Waals surface area contributed by atoms with Gasteiger partial charge in [-0.2, -0.15) is 5.10 Å². The Hall–Kier alpha value is -1.89. The summed E-state index contributed by atoms with van der Waals surface area (Å²) in [6, 6.07) is -0.585. The topological polar surface area (TPSA) is 102 Å². The van der Waals surface area contributed by atoms with Gasteiger partial charge in [0.15, 0.2) is 0 Å². The molecule has 0 radical (unpaired) electrons. The summed E-state index contributed by atoms with van der Waals surface area (Å²) in [7, 11) is 1.84. The highest BCUT2D eigenvalue weighted by atomic mass is 16.2. The maximum absolute atomic E-state index is 11.6. The Morgan fingerprint density at radius 3 is 2.65 bits per heavy atom. The van der Waals surface area contributed by atoms with Crippen molar-refractivity contribution in [1.82, 2.24) is 20.4 Å². The van der Waals surface area contributed by atoms with Gasteiger partial charge in [0.2, 0.25) is 11.8 Å². The van der Waals surface area contributed by atoms with Crippen molar-refractivity contribution in [3.05, 3.63) is 18.0 Å². The zero-order valence-electron chi connectivity index (χ0n) is 12.2. The summed E-state index contributed by atoms with van der Waals surface area (Å²) in [5.74, 6) is -0.482. The van der Waals surface area contributed by atoms with E-state index in [0.717, 1.165) is 5.56 Å². The Morgan fingerprint density at radius 1 is 1.40 bits per heavy atom. The van der Waals surface area contributed by atoms with Crippen molar-refractivity contribution in [3.8, 4) is 0 Å². The van der Waals surface area contributed by atoms with Crippen LogP contribution in [0.2, 0.25) is 0 Å². The van der Waals surface area contributed by atoms with E-state index in [4.69, 9.17) is 5.73 Å². The van der Waals surface area contributed by atoms with E-state index in [1.165, 1.54) is 0 Å². The zero-order valence-corrected chi connectivity index (χ0v) is 12.2. The molecule has 0 aliphatic carbocycles. The Bertz CT molecular complexity index is 455. The first-order valence-corrected chi connectivity index (χ1v) is 6.67. The third kappa shape index (κ3) is 5.40. The van der Waals surface area contributed by atoms with Gasteiger partial charge in [0, 0.05) is 19.8 Å². The number of carbonyl (C=O) groups excluding carboxylic acids is 2. The molecule has 2 amide bonds. The van der Waals surface area contributed by atoms with E-state index in [0.29, 0.717) is 13.0 Å². The molecule has 1 rings (SSSR count). The number of nitrogens with zero attached hydrogens (tertiary/aromatic N) is 2. The summed E-state index contributed by atoms with van der Waals surface area (Å²) >= 11 is 0. The van der Waals surface area contributed by atoms with E-state index in [1.54, 1.807) is 10.9 Å². The standard InChI is InChI=1S/C13H23N5O2/c1-9(2)12(14)13(20)16-7-11(19)15-5-4-10-6-17-18(3)8-10/h6,8-9,12H,4-5,7,14H2,1-3H3,(H,15,19)(H,16,20)/t12-/m0/s1. The predicted octanol–water partition coefficient (Wildman–Crippen LogP) is -0.822. The second-order valence-corrected chi connectivity index (χ2v) is 5.11. The lowest BCUT2D eigenvalue weighted by Crippen LogP contribution is -2.47. The third-order valence-electron chi connectivity index (χ3n) is 2.94. The molecule has 0 aromatic carbocycles. The SMILES string of the molecule is CC(C)[C@H](N)C(=O)NCC(=O)NCCc1cnn(C)c1. The number of aryl methyl sites for hydroxylation is 1. The molecule has 7 heteroatoms. The quantitative estimate of drug-likeness (QED) is 0.607. The van der Waals surface area contributed by atoms with Gasteiger partial charge in [0.1, 0.15) is 0 Å². The Morgan fingerprint density at radius 2 is 2.10 bits per heavy atom. The van der Waals surface area contributed by atoms with Gasteiger partial charge < -0.3 is 16.4 Å². The van der Waals surface area contributed by atoms with Crippen LogP contribution in [0.15, 0.2) is 12.4 Å². The molecule has 0 bridgehead atoms. The highest BCUT2D eigenvalue weighted by molar-refractivity contribution is 5.87. The molecule has 1 atom stereocenters. The molecule has 112 valence electrons. The molecular weight excluding hydrogens is 258 g/mol. The number of rotatable bonds is 7. The summed E-state index contributed by atoms with van der Waals surface area (Å²) in [6.45, 7) is 4.18. The minimum absolute atomic E-state index is 0.0450. The predicted molar refractivity (Wildman–Crippen MR) is 75.7 cm³/mol. The highest BCUT2D eigenvalue weighted by Crippen LogP contribution is 1.97. The number of hydrogen-bond acceptors (Lipinski definition) is 4. The first kappa shape index (κ1) is 16.2. The number of aromatic nitrogens is 2. The first-order chi connectivity index (χ1) is 9.40. The lowest BCUT2D eigenvalue weighted by atomic mass is 10.1. The molecule has 0 aliphatic heterocycles. The molecule has 0 saturated heterocycles. The summed E-state index contributed by atoms with van der Waals surface area (Å²) in [4.78, 5) is 23.1. The molecule has 4 N–H and O–H groups in total. The Kier molecular flexibility index (Phi) is 6.17. The number of nitrogens with one attached hydrogen (secondary N) is 2. The Balaban J connectivity index is 2.19. The monoisotopic (exact) mass is 281 g/mol. The minimum atomic E-state index is -0.585. The molecule has 1 aromatic heterocycles. The van der Waals surface area contributed by atoms with Crippen LogP contribution >= 0.6 is 0 Å². The van der Waals surface area contributed by atoms with Gasteiger partial charge >= 0.3 is 0 Å². The third-order valence-corrected chi connectivity index (χ3v) is 2.94. The summed E-state index contributed by atoms with van der Waals surface area (Å²) < 4.78 is 1.71. The maximum atomic E-state index is 11.6. The van der Waals surface area contributed by atoms with E-state index in [1.807, 2.05) is 27.1 Å². The van der Waals surface area contributed by atoms with Crippen LogP contribution in [0.3, 0.4) is 0 Å². The van der Waals surface area contributed by atoms with Gasteiger partial charge in [-0.05, 0) is 17.9 Å². The molecule has 0 spiro atoms. The van der Waals surface area contributed by atoms with Gasteiger partial charge in [-0.25, -0.2) is 0 Å². The van der Waals surface area contributed by atoms with Gasteiger partial charge in [0.25, 0.3) is 0 Å². The zero-order chi connectivity index (χ0) is 15.1. The molecule has 20 heavy (non-hydrogen) atoms. The summed E-state index contributed by atoms with van der Waals surface area (Å²) in [6.07, 6.45) is 4.37. The van der Waals surface area contributed by atoms with Crippen molar-refractivity contribution in [2.45, 2.75) is 26.3 Å². The van der Waals surface area contributed by atoms with Crippen LogP contribution in [-0.2, 0) is 23.1 Å². The largest absolute Gasteiger partial charge is 0.354 e. The second-order valence-electron chi connectivity index (χ2n) is 5.11. The van der Waals surface area contributed by atoms with Crippen LogP contribution in [-0.4, -0.2) is 40.7 Å². The van der Waals surface area contributed by atoms with Crippen molar-refractivity contribution < 1.29 is 9.59 Å². The van der Waals surface area contributed by atoms with Crippen LogP contribution < -0.4 is 16.4 Å². The van der Waals surface area contributed by atoms with Crippen molar-refractivity contribution in [3.63, 3.8) is 0 Å². The van der Waals surface area contributed by atoms with Crippen LogP contribution in [0.1, 0.15) is 19.4 Å². The van der Waals surface area contributed by atoms with Gasteiger partial charge in [0.05, 0.1) is 18.8 Å². The van der Waals surface area contributed by atoms with E-state index < -0.39 is 6.04 Å². The average Bonchev–Trinajstić information content (AvgIpc) is 2.80. The molecular formula is C13H23N5O2. The van der Waals surface area contributed by atoms with Crippen molar-refractivity contribution in [1.29, 1.82) is 0 Å². The van der Waals surface area contributed by atoms with E-state index in [2.05, 4.69) is 15.7 Å². The fourth-order valence-electron chi connectivity index (χ4n) is 1.60. The molecule has 0 aliphatic rings. The van der Waals surface area contributed by atoms with Crippen LogP contribution in [0.4, 0.5) is 0 Å². The molecule has 0 fully saturated rings. The summed E-state index contributed by atoms with van der Waals surface area (Å²) in [5, 5.41) is 9.30. The van der Waals surface area contributed by atoms with Crippen molar-refractivity contribution in [2.75, 3.05) is 13.1 Å². The lowest BCUT2D eigenvalue weighted by Gasteiger charge is -2.15. The fraction of sp³-hybridized carbons (Fsp3) is 0.615. The highest BCUT2D eigenvalue weighted by Gasteiger charge is 2.17. The number of nitrogens with two attached hydrogens (primary N) is 1. The van der Waals surface area contributed by atoms with Crippen LogP contribution in [0.5, 0.6) is 0 Å². The van der Waals surface area contributed by atoms with E-state index >= 15 is 0 Å². The van der Waals surface area contributed by atoms with E-state index in [9.17, 15) is 9.59 Å². The smallest absolute Gasteiger partial charge is 0.239 e. The number of hydrogen-bond donors (Lipinski definition) is 3. The second kappa shape index (κ2) is 7.64.